The molecule has 0 amide bonds. The third-order valence-electron chi connectivity index (χ3n) is 3.42. The molecule has 2 heterocycles. The van der Waals surface area contributed by atoms with Crippen molar-refractivity contribution < 1.29 is 8.42 Å². The van der Waals surface area contributed by atoms with Gasteiger partial charge >= 0.3 is 0 Å². The summed E-state index contributed by atoms with van der Waals surface area (Å²) in [6.07, 6.45) is 1.70. The predicted octanol–water partition coefficient (Wildman–Crippen LogP) is 1.09. The van der Waals surface area contributed by atoms with Gasteiger partial charge in [-0.2, -0.15) is 16.1 Å². The van der Waals surface area contributed by atoms with Crippen LogP contribution in [0.4, 0.5) is 0 Å². The lowest BCUT2D eigenvalue weighted by molar-refractivity contribution is 0.367. The zero-order valence-corrected chi connectivity index (χ0v) is 13.0. The molecule has 1 aliphatic heterocycles. The Morgan fingerprint density at radius 2 is 2.26 bits per heavy atom. The van der Waals surface area contributed by atoms with E-state index in [0.29, 0.717) is 18.0 Å². The molecule has 0 radical (unpaired) electrons. The second kappa shape index (κ2) is 5.87. The van der Waals surface area contributed by atoms with Crippen LogP contribution in [0.25, 0.3) is 0 Å². The van der Waals surface area contributed by atoms with Gasteiger partial charge in [-0.1, -0.05) is 0 Å². The highest BCUT2D eigenvalue weighted by Crippen LogP contribution is 2.25. The Kier molecular flexibility index (Phi) is 4.60. The molecule has 2 N–H and O–H groups in total. The number of hydrogen-bond donors (Lipinski definition) is 1. The average molecular weight is 303 g/mol. The molecule has 108 valence electrons. The molecule has 2 rings (SSSR count). The first-order chi connectivity index (χ1) is 9.00. The summed E-state index contributed by atoms with van der Waals surface area (Å²) >= 11 is 1.80. The lowest BCUT2D eigenvalue weighted by Gasteiger charge is -2.31. The lowest BCUT2D eigenvalue weighted by atomic mass is 10.4. The summed E-state index contributed by atoms with van der Waals surface area (Å²) in [7, 11) is -3.39. The van der Waals surface area contributed by atoms with Gasteiger partial charge in [0, 0.05) is 49.1 Å². The molecule has 1 aromatic heterocycles. The number of nitrogens with two attached hydrogens (primary N) is 1. The molecule has 1 aliphatic rings. The number of sulfonamides is 1. The van der Waals surface area contributed by atoms with Crippen LogP contribution in [-0.4, -0.2) is 41.4 Å². The van der Waals surface area contributed by atoms with Crippen LogP contribution in [0, 0.1) is 0 Å². The van der Waals surface area contributed by atoms with Gasteiger partial charge in [-0.3, -0.25) is 0 Å². The number of hydrogen-bond acceptors (Lipinski definition) is 4. The van der Waals surface area contributed by atoms with Crippen LogP contribution in [0.1, 0.15) is 19.5 Å². The smallest absolute Gasteiger partial charge is 0.244 e. The Balaban J connectivity index is 2.35. The molecule has 19 heavy (non-hydrogen) atoms. The van der Waals surface area contributed by atoms with Crippen molar-refractivity contribution in [2.24, 2.45) is 5.73 Å². The highest BCUT2D eigenvalue weighted by Gasteiger charge is 2.32. The van der Waals surface area contributed by atoms with Crippen LogP contribution in [0.2, 0.25) is 0 Å². The van der Waals surface area contributed by atoms with E-state index in [9.17, 15) is 8.42 Å². The normalized spacial score (nSPS) is 21.7. The number of aryl methyl sites for hydroxylation is 1. The molecule has 1 atom stereocenters. The monoisotopic (exact) mass is 303 g/mol. The first-order valence-corrected chi connectivity index (χ1v) is 9.09. The standard InChI is InChI=1S/C12H21N3O2S2/c1-3-14-8-12(6-11(14)7-13)19(16,17)15-4-5-18-9-10(15)2/h6,8,10H,3-5,7,9,13H2,1-2H3. The SMILES string of the molecule is CCn1cc(S(=O)(=O)N2CCSCC2C)cc1CN. The van der Waals surface area contributed by atoms with E-state index in [1.54, 1.807) is 28.3 Å². The maximum absolute atomic E-state index is 12.7. The van der Waals surface area contributed by atoms with Crippen LogP contribution < -0.4 is 5.73 Å². The van der Waals surface area contributed by atoms with Crippen LogP contribution in [0.3, 0.4) is 0 Å². The minimum atomic E-state index is -3.39. The van der Waals surface area contributed by atoms with Crippen LogP contribution in [-0.2, 0) is 23.1 Å². The zero-order chi connectivity index (χ0) is 14.0. The molecule has 1 saturated heterocycles. The fraction of sp³-hybridized carbons (Fsp3) is 0.667. The Morgan fingerprint density at radius 3 is 2.79 bits per heavy atom. The van der Waals surface area contributed by atoms with E-state index in [1.165, 1.54) is 0 Å². The number of nitrogens with zero attached hydrogens (tertiary/aromatic N) is 2. The molecular weight excluding hydrogens is 282 g/mol. The van der Waals surface area contributed by atoms with Gasteiger partial charge in [0.1, 0.15) is 4.90 Å². The van der Waals surface area contributed by atoms with Gasteiger partial charge < -0.3 is 10.3 Å². The van der Waals surface area contributed by atoms with Crippen molar-refractivity contribution >= 4 is 21.8 Å². The summed E-state index contributed by atoms with van der Waals surface area (Å²) in [5, 5.41) is 0. The van der Waals surface area contributed by atoms with Gasteiger partial charge in [0.25, 0.3) is 0 Å². The van der Waals surface area contributed by atoms with Gasteiger partial charge in [-0.15, -0.1) is 0 Å². The summed E-state index contributed by atoms with van der Waals surface area (Å²) < 4.78 is 28.8. The van der Waals surface area contributed by atoms with Crippen molar-refractivity contribution in [2.75, 3.05) is 18.1 Å². The largest absolute Gasteiger partial charge is 0.349 e. The van der Waals surface area contributed by atoms with E-state index < -0.39 is 10.0 Å². The lowest BCUT2D eigenvalue weighted by Crippen LogP contribution is -2.44. The third-order valence-corrected chi connectivity index (χ3v) is 6.59. The van der Waals surface area contributed by atoms with E-state index >= 15 is 0 Å². The number of rotatable bonds is 4. The third kappa shape index (κ3) is 2.84. The van der Waals surface area contributed by atoms with Crippen LogP contribution in [0.5, 0.6) is 0 Å². The van der Waals surface area contributed by atoms with Gasteiger partial charge in [0.15, 0.2) is 0 Å². The molecule has 1 unspecified atom stereocenters. The van der Waals surface area contributed by atoms with E-state index in [4.69, 9.17) is 5.73 Å². The average Bonchev–Trinajstić information content (AvgIpc) is 2.83. The van der Waals surface area contributed by atoms with Crippen LogP contribution in [0.15, 0.2) is 17.2 Å². The summed E-state index contributed by atoms with van der Waals surface area (Å²) in [5.41, 5.74) is 6.52. The first-order valence-electron chi connectivity index (χ1n) is 6.49. The molecule has 0 aliphatic carbocycles. The molecule has 0 aromatic carbocycles. The maximum atomic E-state index is 12.7. The zero-order valence-electron chi connectivity index (χ0n) is 11.4. The molecule has 1 aromatic rings. The summed E-state index contributed by atoms with van der Waals surface area (Å²) in [6.45, 7) is 5.62. The minimum Gasteiger partial charge on any atom is -0.349 e. The molecular formula is C12H21N3O2S2. The quantitative estimate of drug-likeness (QED) is 0.904. The highest BCUT2D eigenvalue weighted by molar-refractivity contribution is 7.99. The second-order valence-corrected chi connectivity index (χ2v) is 7.74. The van der Waals surface area contributed by atoms with E-state index in [1.807, 2.05) is 18.4 Å². The molecule has 0 bridgehead atoms. The Morgan fingerprint density at radius 1 is 1.53 bits per heavy atom. The summed E-state index contributed by atoms with van der Waals surface area (Å²) in [5.74, 6) is 1.72. The van der Waals surface area contributed by atoms with Crippen molar-refractivity contribution in [3.63, 3.8) is 0 Å². The fourth-order valence-corrected chi connectivity index (χ4v) is 5.26. The summed E-state index contributed by atoms with van der Waals surface area (Å²) in [6, 6.07) is 1.75. The maximum Gasteiger partial charge on any atom is 0.244 e. The van der Waals surface area contributed by atoms with Crippen molar-refractivity contribution in [3.05, 3.63) is 18.0 Å². The minimum absolute atomic E-state index is 0.0510. The Hall–Kier alpha value is -0.500. The molecule has 5 nitrogen and oxygen atoms in total. The Bertz CT molecular complexity index is 518. The van der Waals surface area contributed by atoms with Gasteiger partial charge in [-0.25, -0.2) is 8.42 Å². The fourth-order valence-electron chi connectivity index (χ4n) is 2.34. The predicted molar refractivity (Wildman–Crippen MR) is 78.7 cm³/mol. The Labute approximate surface area is 119 Å². The van der Waals surface area contributed by atoms with Gasteiger partial charge in [0.05, 0.1) is 0 Å². The van der Waals surface area contributed by atoms with Gasteiger partial charge in [-0.05, 0) is 19.9 Å². The molecule has 7 heteroatoms. The van der Waals surface area contributed by atoms with Crippen molar-refractivity contribution in [3.8, 4) is 0 Å². The first kappa shape index (κ1) is 14.9. The second-order valence-electron chi connectivity index (χ2n) is 4.70. The van der Waals surface area contributed by atoms with Crippen LogP contribution >= 0.6 is 11.8 Å². The van der Waals surface area contributed by atoms with E-state index in [-0.39, 0.29) is 6.04 Å². The van der Waals surface area contributed by atoms with Crippen molar-refractivity contribution in [2.45, 2.75) is 37.9 Å². The summed E-state index contributed by atoms with van der Waals surface area (Å²) in [4.78, 5) is 0.369. The number of aromatic nitrogens is 1. The highest BCUT2D eigenvalue weighted by atomic mass is 32.2. The number of thioether (sulfide) groups is 1. The van der Waals surface area contributed by atoms with Crippen molar-refractivity contribution in [1.82, 2.24) is 8.87 Å². The molecule has 0 saturated carbocycles. The topological polar surface area (TPSA) is 68.3 Å². The molecule has 0 spiro atoms. The van der Waals surface area contributed by atoms with E-state index in [2.05, 4.69) is 0 Å². The van der Waals surface area contributed by atoms with Crippen molar-refractivity contribution in [1.29, 1.82) is 0 Å². The van der Waals surface area contributed by atoms with Gasteiger partial charge in [0.2, 0.25) is 10.0 Å². The van der Waals surface area contributed by atoms with E-state index in [0.717, 1.165) is 23.7 Å². The molecule has 1 fully saturated rings.